The molecule has 7 nitrogen and oxygen atoms in total. The van der Waals surface area contributed by atoms with Gasteiger partial charge in [-0.25, -0.2) is 4.98 Å². The molecule has 0 spiro atoms. The molecule has 0 aromatic carbocycles. The lowest BCUT2D eigenvalue weighted by molar-refractivity contribution is 0.0533. The number of rotatable bonds is 7. The molecule has 1 aliphatic heterocycles. The Labute approximate surface area is 174 Å². The van der Waals surface area contributed by atoms with Crippen LogP contribution in [0.1, 0.15) is 68.3 Å². The van der Waals surface area contributed by atoms with E-state index in [2.05, 4.69) is 27.4 Å². The van der Waals surface area contributed by atoms with E-state index in [0.29, 0.717) is 17.6 Å². The van der Waals surface area contributed by atoms with Gasteiger partial charge in [0.2, 0.25) is 0 Å². The summed E-state index contributed by atoms with van der Waals surface area (Å²) in [6.07, 6.45) is 9.86. The summed E-state index contributed by atoms with van der Waals surface area (Å²) in [5.41, 5.74) is 7.42. The van der Waals surface area contributed by atoms with Crippen LogP contribution in [-0.4, -0.2) is 55.4 Å². The van der Waals surface area contributed by atoms with Crippen molar-refractivity contribution in [2.24, 2.45) is 5.73 Å². The maximum atomic E-state index is 12.8. The molecule has 3 rings (SSSR count). The smallest absolute Gasteiger partial charge is 0.256 e. The third kappa shape index (κ3) is 5.68. The first-order chi connectivity index (χ1) is 14.0. The van der Waals surface area contributed by atoms with Crippen molar-refractivity contribution in [3.8, 4) is 0 Å². The van der Waals surface area contributed by atoms with Crippen molar-refractivity contribution in [3.05, 3.63) is 23.4 Å². The van der Waals surface area contributed by atoms with Gasteiger partial charge in [-0.15, -0.1) is 0 Å². The molecule has 1 aromatic rings. The van der Waals surface area contributed by atoms with E-state index in [1.165, 1.54) is 32.1 Å². The van der Waals surface area contributed by atoms with E-state index in [-0.39, 0.29) is 12.0 Å². The Bertz CT molecular complexity index is 675. The quantitative estimate of drug-likeness (QED) is 0.605. The summed E-state index contributed by atoms with van der Waals surface area (Å²) in [4.78, 5) is 19.6. The van der Waals surface area contributed by atoms with Crippen molar-refractivity contribution in [2.75, 3.05) is 25.1 Å². The highest BCUT2D eigenvalue weighted by Crippen LogP contribution is 2.26. The van der Waals surface area contributed by atoms with Gasteiger partial charge in [0, 0.05) is 38.5 Å². The minimum atomic E-state index is -0.405. The van der Waals surface area contributed by atoms with Gasteiger partial charge in [-0.1, -0.05) is 26.2 Å². The Morgan fingerprint density at radius 3 is 2.76 bits per heavy atom. The van der Waals surface area contributed by atoms with Crippen LogP contribution >= 0.6 is 0 Å². The molecular formula is C22H37N5O2. The molecule has 4 N–H and O–H groups in total. The highest BCUT2D eigenvalue weighted by atomic mass is 16.5. The zero-order valence-corrected chi connectivity index (χ0v) is 18.1. The highest BCUT2D eigenvalue weighted by molar-refractivity contribution is 5.99. The number of nitrogens with two attached hydrogens (primary N) is 1. The fraction of sp³-hybridized carbons (Fsp3) is 0.727. The monoisotopic (exact) mass is 403 g/mol. The van der Waals surface area contributed by atoms with Crippen molar-refractivity contribution in [1.82, 2.24) is 15.6 Å². The number of nitrogens with zero attached hydrogens (tertiary/aromatic N) is 2. The normalized spacial score (nSPS) is 24.3. The molecule has 3 atom stereocenters. The van der Waals surface area contributed by atoms with E-state index in [9.17, 15) is 4.79 Å². The Kier molecular flexibility index (Phi) is 7.86. The predicted octanol–water partition coefficient (Wildman–Crippen LogP) is 2.19. The van der Waals surface area contributed by atoms with E-state index in [4.69, 9.17) is 10.5 Å². The molecule has 0 bridgehead atoms. The predicted molar refractivity (Wildman–Crippen MR) is 116 cm³/mol. The number of aryl methyl sites for hydroxylation is 1. The van der Waals surface area contributed by atoms with Crippen molar-refractivity contribution in [1.29, 1.82) is 0 Å². The average molecular weight is 404 g/mol. The summed E-state index contributed by atoms with van der Waals surface area (Å²) in [5, 5.41) is 6.65. The van der Waals surface area contributed by atoms with Gasteiger partial charge < -0.3 is 26.0 Å². The number of piperidine rings is 1. The van der Waals surface area contributed by atoms with Gasteiger partial charge in [-0.05, 0) is 44.2 Å². The highest BCUT2D eigenvalue weighted by Gasteiger charge is 2.33. The molecule has 29 heavy (non-hydrogen) atoms. The van der Waals surface area contributed by atoms with E-state index in [1.807, 2.05) is 12.3 Å². The van der Waals surface area contributed by atoms with Gasteiger partial charge in [-0.3, -0.25) is 4.79 Å². The lowest BCUT2D eigenvalue weighted by Gasteiger charge is -2.41. The van der Waals surface area contributed by atoms with Crippen LogP contribution in [0, 0.1) is 0 Å². The van der Waals surface area contributed by atoms with Crippen LogP contribution in [-0.2, 0) is 11.2 Å². The van der Waals surface area contributed by atoms with Crippen LogP contribution < -0.4 is 21.3 Å². The fourth-order valence-corrected chi connectivity index (χ4v) is 4.51. The number of nitrogens with one attached hydrogen (secondary N) is 2. The zero-order valence-electron chi connectivity index (χ0n) is 18.1. The number of carbonyl (C=O) groups excluding carboxylic acids is 1. The first-order valence-corrected chi connectivity index (χ1v) is 11.1. The number of methoxy groups -OCH3 is 1. The Balaban J connectivity index is 1.74. The van der Waals surface area contributed by atoms with E-state index < -0.39 is 6.17 Å². The molecule has 1 aliphatic carbocycles. The van der Waals surface area contributed by atoms with Crippen LogP contribution in [0.4, 0.5) is 5.82 Å². The van der Waals surface area contributed by atoms with Crippen molar-refractivity contribution < 1.29 is 9.53 Å². The lowest BCUT2D eigenvalue weighted by Crippen LogP contribution is -2.56. The third-order valence-electron chi connectivity index (χ3n) is 6.15. The van der Waals surface area contributed by atoms with Crippen molar-refractivity contribution in [2.45, 2.75) is 83.1 Å². The third-order valence-corrected chi connectivity index (χ3v) is 6.15. The van der Waals surface area contributed by atoms with Gasteiger partial charge >= 0.3 is 0 Å². The van der Waals surface area contributed by atoms with Crippen LogP contribution in [0.25, 0.3) is 0 Å². The topological polar surface area (TPSA) is 92.5 Å². The number of pyridine rings is 1. The summed E-state index contributed by atoms with van der Waals surface area (Å²) in [6, 6.07) is 2.89. The molecule has 2 heterocycles. The van der Waals surface area contributed by atoms with Crippen molar-refractivity contribution >= 4 is 11.7 Å². The number of aromatic nitrogens is 1. The second-order valence-electron chi connectivity index (χ2n) is 8.45. The van der Waals surface area contributed by atoms with Gasteiger partial charge in [0.25, 0.3) is 5.91 Å². The van der Waals surface area contributed by atoms with Gasteiger partial charge in [-0.2, -0.15) is 0 Å². The number of amides is 1. The summed E-state index contributed by atoms with van der Waals surface area (Å²) < 4.78 is 5.85. The summed E-state index contributed by atoms with van der Waals surface area (Å²) in [7, 11) is 1.78. The van der Waals surface area contributed by atoms with E-state index in [1.54, 1.807) is 14.0 Å². The van der Waals surface area contributed by atoms with Gasteiger partial charge in [0.15, 0.2) is 0 Å². The first-order valence-electron chi connectivity index (χ1n) is 11.1. The molecule has 1 aromatic heterocycles. The van der Waals surface area contributed by atoms with Crippen LogP contribution in [0.2, 0.25) is 0 Å². The molecule has 1 saturated heterocycles. The zero-order chi connectivity index (χ0) is 20.8. The maximum Gasteiger partial charge on any atom is 0.256 e. The minimum Gasteiger partial charge on any atom is -0.378 e. The van der Waals surface area contributed by atoms with E-state index >= 15 is 0 Å². The van der Waals surface area contributed by atoms with Gasteiger partial charge in [0.05, 0.1) is 17.8 Å². The minimum absolute atomic E-state index is 0.0719. The fourth-order valence-electron chi connectivity index (χ4n) is 4.51. The molecule has 7 heteroatoms. The molecule has 2 fully saturated rings. The summed E-state index contributed by atoms with van der Waals surface area (Å²) in [6.45, 7) is 5.39. The largest absolute Gasteiger partial charge is 0.378 e. The standard InChI is InChI=1S/C22H37N5O2/c1-4-16-12-18(22(28)25-15(2)23)21(24-13-16)27-11-10-19(20(14-27)29-3)26-17-8-6-5-7-9-17/h12-13,15,17,19-20,26H,4-11,14,23H2,1-3H3,(H,25,28). The van der Waals surface area contributed by atoms with Gasteiger partial charge in [0.1, 0.15) is 5.82 Å². The number of hydrogen-bond acceptors (Lipinski definition) is 6. The molecule has 1 saturated carbocycles. The Morgan fingerprint density at radius 2 is 2.10 bits per heavy atom. The second kappa shape index (κ2) is 10.4. The molecule has 162 valence electrons. The number of hydrogen-bond donors (Lipinski definition) is 3. The maximum absolute atomic E-state index is 12.8. The Morgan fingerprint density at radius 1 is 1.34 bits per heavy atom. The van der Waals surface area contributed by atoms with Crippen LogP contribution in [0.5, 0.6) is 0 Å². The number of ether oxygens (including phenoxy) is 1. The molecular weight excluding hydrogens is 366 g/mol. The first kappa shape index (κ1) is 22.0. The van der Waals surface area contributed by atoms with E-state index in [0.717, 1.165) is 37.3 Å². The van der Waals surface area contributed by atoms with Crippen LogP contribution in [0.15, 0.2) is 12.3 Å². The van der Waals surface area contributed by atoms with Crippen LogP contribution in [0.3, 0.4) is 0 Å². The van der Waals surface area contributed by atoms with Crippen molar-refractivity contribution in [3.63, 3.8) is 0 Å². The summed E-state index contributed by atoms with van der Waals surface area (Å²) >= 11 is 0. The molecule has 2 aliphatic rings. The molecule has 1 amide bonds. The SMILES string of the molecule is CCc1cnc(N2CCC(NC3CCCCC3)C(OC)C2)c(C(=O)NC(C)N)c1. The second-order valence-corrected chi connectivity index (χ2v) is 8.45. The number of carbonyl (C=O) groups is 1. The average Bonchev–Trinajstić information content (AvgIpc) is 2.74. The summed E-state index contributed by atoms with van der Waals surface area (Å²) in [5.74, 6) is 0.549. The Hall–Kier alpha value is -1.70. The molecule has 0 radical (unpaired) electrons. The molecule has 3 unspecified atom stereocenters. The lowest BCUT2D eigenvalue weighted by atomic mass is 9.92. The number of anilines is 1.